The number of amides is 1. The van der Waals surface area contributed by atoms with Crippen molar-refractivity contribution in [2.45, 2.75) is 69.2 Å². The number of nitriles is 1. The smallest absolute Gasteiger partial charge is 0.254 e. The number of aliphatic hydroxyl groups is 2. The lowest BCUT2D eigenvalue weighted by Crippen LogP contribution is -2.70. The van der Waals surface area contributed by atoms with Crippen LogP contribution in [0.1, 0.15) is 77.9 Å². The molecule has 1 saturated carbocycles. The lowest BCUT2D eigenvalue weighted by molar-refractivity contribution is -0.255. The van der Waals surface area contributed by atoms with Gasteiger partial charge in [0.05, 0.1) is 29.9 Å². The summed E-state index contributed by atoms with van der Waals surface area (Å²) in [6.45, 7) is 4.59. The topological polar surface area (TPSA) is 152 Å². The molecule has 0 aromatic heterocycles. The van der Waals surface area contributed by atoms with E-state index in [1.165, 1.54) is 7.11 Å². The number of rotatable bonds is 18. The number of carbonyl (C=O) groups excluding carboxylic acids is 1. The predicted molar refractivity (Wildman–Crippen MR) is 250 cm³/mol. The first-order chi connectivity index (χ1) is 32.4. The third-order valence-electron chi connectivity index (χ3n) is 13.5. The number of ether oxygens (including phenoxy) is 5. The molecular formula is C54H55N3O9. The van der Waals surface area contributed by atoms with Crippen molar-refractivity contribution in [3.63, 3.8) is 0 Å². The normalized spacial score (nSPS) is 22.9. The molecule has 340 valence electrons. The summed E-state index contributed by atoms with van der Waals surface area (Å²) in [5, 5.41) is 36.6. The Balaban J connectivity index is 1.24. The number of aliphatic hydroxyl groups excluding tert-OH is 2. The van der Waals surface area contributed by atoms with Gasteiger partial charge >= 0.3 is 0 Å². The highest BCUT2D eigenvalue weighted by Gasteiger charge is 2.65. The summed E-state index contributed by atoms with van der Waals surface area (Å²) in [4.78, 5) is 22.8. The minimum Gasteiger partial charge on any atom is -0.459 e. The summed E-state index contributed by atoms with van der Waals surface area (Å²) in [6.07, 6.45) is 8.73. The molecule has 1 fully saturated rings. The lowest BCUT2D eigenvalue weighted by atomic mass is 9.55. The van der Waals surface area contributed by atoms with Crippen molar-refractivity contribution >= 4 is 22.4 Å². The van der Waals surface area contributed by atoms with Crippen molar-refractivity contribution in [1.82, 2.24) is 4.90 Å². The minimum absolute atomic E-state index is 0.0216. The Bertz CT molecular complexity index is 2670. The van der Waals surface area contributed by atoms with Gasteiger partial charge in [-0.25, -0.2) is 0 Å². The Morgan fingerprint density at radius 3 is 2.41 bits per heavy atom. The first kappa shape index (κ1) is 44.5. The Labute approximate surface area is 385 Å². The molecule has 0 spiro atoms. The van der Waals surface area contributed by atoms with Gasteiger partial charge in [0.25, 0.3) is 5.91 Å². The predicted octanol–water partition coefficient (Wildman–Crippen LogP) is 9.84. The maximum absolute atomic E-state index is 15.4. The fourth-order valence-electron chi connectivity index (χ4n) is 10.6. The molecule has 0 saturated heterocycles. The van der Waals surface area contributed by atoms with Crippen molar-refractivity contribution in [2.75, 3.05) is 33.7 Å². The Hall–Kier alpha value is -6.65. The van der Waals surface area contributed by atoms with Crippen LogP contribution in [0, 0.1) is 29.1 Å². The van der Waals surface area contributed by atoms with Crippen LogP contribution in [0.2, 0.25) is 0 Å². The number of oxime groups is 1. The fraction of sp³-hybridized carbons (Fsp3) is 0.352. The molecule has 0 radical (unpaired) electrons. The summed E-state index contributed by atoms with van der Waals surface area (Å²) in [5.74, 6) is 0.689. The molecule has 66 heavy (non-hydrogen) atoms. The summed E-state index contributed by atoms with van der Waals surface area (Å²) in [7, 11) is 1.53. The molecule has 2 aliphatic heterocycles. The van der Waals surface area contributed by atoms with Gasteiger partial charge in [0, 0.05) is 43.2 Å². The van der Waals surface area contributed by atoms with Crippen molar-refractivity contribution in [1.29, 1.82) is 5.26 Å². The zero-order chi connectivity index (χ0) is 45.6. The second-order valence-electron chi connectivity index (χ2n) is 17.4. The number of unbranched alkanes of at least 4 members (excludes halogenated alkanes) is 2. The maximum atomic E-state index is 15.4. The monoisotopic (exact) mass is 889 g/mol. The van der Waals surface area contributed by atoms with Crippen LogP contribution in [0.3, 0.4) is 0 Å². The quantitative estimate of drug-likeness (QED) is 0.0494. The third kappa shape index (κ3) is 8.74. The summed E-state index contributed by atoms with van der Waals surface area (Å²) in [5.41, 5.74) is 4.16. The number of hydrogen-bond acceptors (Lipinski definition) is 11. The van der Waals surface area contributed by atoms with E-state index in [0.717, 1.165) is 53.2 Å². The van der Waals surface area contributed by atoms with E-state index >= 15 is 4.79 Å². The third-order valence-corrected chi connectivity index (χ3v) is 13.5. The molecule has 2 aliphatic carbocycles. The van der Waals surface area contributed by atoms with Gasteiger partial charge in [0.1, 0.15) is 30.4 Å². The second-order valence-corrected chi connectivity index (χ2v) is 17.4. The molecule has 9 rings (SSSR count). The number of hydrogen-bond donors (Lipinski definition) is 2. The molecule has 12 nitrogen and oxygen atoms in total. The van der Waals surface area contributed by atoms with Gasteiger partial charge in [-0.3, -0.25) is 4.79 Å². The van der Waals surface area contributed by atoms with Crippen LogP contribution in [0.5, 0.6) is 28.7 Å². The highest BCUT2D eigenvalue weighted by molar-refractivity contribution is 6.03. The van der Waals surface area contributed by atoms with Crippen molar-refractivity contribution in [3.8, 4) is 34.8 Å². The zero-order valence-electron chi connectivity index (χ0n) is 37.1. The molecule has 2 heterocycles. The van der Waals surface area contributed by atoms with Gasteiger partial charge < -0.3 is 43.6 Å². The van der Waals surface area contributed by atoms with Crippen LogP contribution in [-0.4, -0.2) is 72.3 Å². The molecule has 1 amide bonds. The number of benzene rings is 5. The summed E-state index contributed by atoms with van der Waals surface area (Å²) >= 11 is 0. The van der Waals surface area contributed by atoms with E-state index in [-0.39, 0.29) is 63.2 Å². The Morgan fingerprint density at radius 2 is 1.64 bits per heavy atom. The molecule has 0 bridgehead atoms. The second kappa shape index (κ2) is 19.8. The van der Waals surface area contributed by atoms with E-state index in [1.54, 1.807) is 35.2 Å². The number of allylic oxidation sites excluding steroid dienone is 1. The molecule has 5 aromatic carbocycles. The van der Waals surface area contributed by atoms with Crippen LogP contribution in [0.15, 0.2) is 133 Å². The van der Waals surface area contributed by atoms with Crippen molar-refractivity contribution in [3.05, 3.63) is 150 Å². The standard InChI is InChI=1S/C54H55N3O9/c1-3-26-64-54-50(57(53(60)38-17-14-35(32-55)15-18-38)33-36-16-22-48-49(27-36)63-34-62-48)31-46(56-61-2)44-29-40(12-6-8-24-58)43(13-7-9-25-59)51(52(44)54)45-30-42(21-23-47(45)66-54)65-41-20-19-37-10-4-5-11-39(37)28-41/h3-5,10-11,14-23,27-30,40,43,50-52,58-59H,1,6-9,12-13,24-26,31,33-34H2,2H3. The van der Waals surface area contributed by atoms with Gasteiger partial charge in [0.15, 0.2) is 11.5 Å². The van der Waals surface area contributed by atoms with Crippen LogP contribution in [0.4, 0.5) is 0 Å². The van der Waals surface area contributed by atoms with Crippen LogP contribution < -0.4 is 18.9 Å². The number of carbonyl (C=O) groups is 1. The highest BCUT2D eigenvalue weighted by atomic mass is 16.7. The molecule has 4 aliphatic rings. The molecule has 6 atom stereocenters. The molecule has 12 heteroatoms. The zero-order valence-corrected chi connectivity index (χ0v) is 37.1. The first-order valence-electron chi connectivity index (χ1n) is 22.9. The van der Waals surface area contributed by atoms with E-state index in [9.17, 15) is 15.5 Å². The average Bonchev–Trinajstić information content (AvgIpc) is 3.82. The molecular weight excluding hydrogens is 835 g/mol. The first-order valence-corrected chi connectivity index (χ1v) is 22.9. The van der Waals surface area contributed by atoms with Gasteiger partial charge in [-0.05, 0) is 126 Å². The Kier molecular flexibility index (Phi) is 13.4. The van der Waals surface area contributed by atoms with E-state index in [0.29, 0.717) is 58.4 Å². The fourth-order valence-corrected chi connectivity index (χ4v) is 10.6. The van der Waals surface area contributed by atoms with Gasteiger partial charge in [-0.15, -0.1) is 6.58 Å². The average molecular weight is 890 g/mol. The van der Waals surface area contributed by atoms with Crippen LogP contribution in [-0.2, 0) is 16.1 Å². The molecule has 2 N–H and O–H groups in total. The van der Waals surface area contributed by atoms with E-state index in [4.69, 9.17) is 33.7 Å². The Morgan fingerprint density at radius 1 is 0.894 bits per heavy atom. The van der Waals surface area contributed by atoms with E-state index < -0.39 is 17.7 Å². The number of fused-ring (bicyclic) bond motifs is 4. The van der Waals surface area contributed by atoms with E-state index in [1.807, 2.05) is 54.6 Å². The number of nitrogens with zero attached hydrogens (tertiary/aromatic N) is 3. The summed E-state index contributed by atoms with van der Waals surface area (Å²) < 4.78 is 32.8. The summed E-state index contributed by atoms with van der Waals surface area (Å²) in [6, 6.07) is 33.9. The van der Waals surface area contributed by atoms with Crippen molar-refractivity contribution < 1.29 is 43.5 Å². The van der Waals surface area contributed by atoms with Gasteiger partial charge in [-0.1, -0.05) is 66.5 Å². The van der Waals surface area contributed by atoms with Crippen LogP contribution in [0.25, 0.3) is 10.8 Å². The molecule has 5 aromatic rings. The molecule has 6 unspecified atom stereocenters. The van der Waals surface area contributed by atoms with Gasteiger partial charge in [0.2, 0.25) is 12.6 Å². The minimum atomic E-state index is -1.49. The van der Waals surface area contributed by atoms with Crippen molar-refractivity contribution in [2.24, 2.45) is 22.9 Å². The highest BCUT2D eigenvalue weighted by Crippen LogP contribution is 2.62. The van der Waals surface area contributed by atoms with Gasteiger partial charge in [-0.2, -0.15) is 5.26 Å². The largest absolute Gasteiger partial charge is 0.459 e. The maximum Gasteiger partial charge on any atom is 0.254 e. The van der Waals surface area contributed by atoms with Crippen LogP contribution >= 0.6 is 0 Å². The van der Waals surface area contributed by atoms with E-state index in [2.05, 4.69) is 43.0 Å². The lowest BCUT2D eigenvalue weighted by Gasteiger charge is -2.60. The SMILES string of the molecule is C=CCOC12Oc3ccc(Oc4ccc5ccccc5c4)cc3C3C(CCCCO)C(CCCCO)C=C(C(=NOC)CC1N(Cc1ccc4c(c1)OCO4)C(=O)c1ccc(C#N)cc1)C32.